The van der Waals surface area contributed by atoms with Crippen LogP contribution in [0.15, 0.2) is 58.3 Å². The van der Waals surface area contributed by atoms with Gasteiger partial charge in [-0.25, -0.2) is 21.2 Å². The van der Waals surface area contributed by atoms with Crippen LogP contribution in [-0.4, -0.2) is 39.5 Å². The molecule has 1 heterocycles. The highest BCUT2D eigenvalue weighted by Crippen LogP contribution is 2.30. The molecule has 2 aromatic rings. The summed E-state index contributed by atoms with van der Waals surface area (Å²) in [7, 11) is -7.41. The first-order valence-corrected chi connectivity index (χ1v) is 11.3. The molecule has 1 fully saturated rings. The zero-order valence-corrected chi connectivity index (χ0v) is 16.1. The zero-order chi connectivity index (χ0) is 18.9. The Hall–Kier alpha value is -1.48. The van der Waals surface area contributed by atoms with Crippen molar-refractivity contribution >= 4 is 31.5 Å². The van der Waals surface area contributed by atoms with Gasteiger partial charge in [0.05, 0.1) is 15.2 Å². The fourth-order valence-electron chi connectivity index (χ4n) is 2.99. The first kappa shape index (κ1) is 19.3. The molecule has 0 aliphatic carbocycles. The number of sulfone groups is 1. The van der Waals surface area contributed by atoms with Crippen molar-refractivity contribution in [2.75, 3.05) is 13.1 Å². The number of sulfonamides is 1. The minimum atomic E-state index is -3.77. The third-order valence-corrected chi connectivity index (χ3v) is 9.11. The SMILES string of the molecule is O=S(=O)(c1ccc(F)cc1)C1CCN(S(=O)(=O)c2ccccc2Cl)CC1. The highest BCUT2D eigenvalue weighted by Gasteiger charge is 2.36. The zero-order valence-electron chi connectivity index (χ0n) is 13.7. The molecule has 140 valence electrons. The molecule has 1 saturated heterocycles. The van der Waals surface area contributed by atoms with E-state index in [9.17, 15) is 21.2 Å². The number of benzene rings is 2. The minimum absolute atomic E-state index is 0.0153. The van der Waals surface area contributed by atoms with E-state index in [2.05, 4.69) is 0 Å². The van der Waals surface area contributed by atoms with Crippen LogP contribution in [0.2, 0.25) is 5.02 Å². The fraction of sp³-hybridized carbons (Fsp3) is 0.294. The summed E-state index contributed by atoms with van der Waals surface area (Å²) >= 11 is 5.99. The quantitative estimate of drug-likeness (QED) is 0.716. The molecule has 0 aromatic heterocycles. The van der Waals surface area contributed by atoms with Gasteiger partial charge < -0.3 is 0 Å². The van der Waals surface area contributed by atoms with Crippen molar-refractivity contribution in [2.45, 2.75) is 27.9 Å². The molecule has 1 aliphatic heterocycles. The Morgan fingerprint density at radius 3 is 2.08 bits per heavy atom. The summed E-state index contributed by atoms with van der Waals surface area (Å²) in [5.74, 6) is -0.510. The maximum absolute atomic E-state index is 13.0. The van der Waals surface area contributed by atoms with E-state index in [1.807, 2.05) is 0 Å². The first-order chi connectivity index (χ1) is 12.2. The fourth-order valence-corrected chi connectivity index (χ4v) is 6.69. The summed E-state index contributed by atoms with van der Waals surface area (Å²) < 4.78 is 65.0. The van der Waals surface area contributed by atoms with E-state index in [1.54, 1.807) is 12.1 Å². The van der Waals surface area contributed by atoms with Gasteiger partial charge in [0, 0.05) is 13.1 Å². The van der Waals surface area contributed by atoms with Gasteiger partial charge in [0.15, 0.2) is 9.84 Å². The maximum Gasteiger partial charge on any atom is 0.244 e. The highest BCUT2D eigenvalue weighted by molar-refractivity contribution is 7.92. The lowest BCUT2D eigenvalue weighted by Crippen LogP contribution is -2.42. The number of hydrogen-bond acceptors (Lipinski definition) is 4. The average Bonchev–Trinajstić information content (AvgIpc) is 2.62. The molecule has 0 spiro atoms. The number of nitrogens with zero attached hydrogens (tertiary/aromatic N) is 1. The van der Waals surface area contributed by atoms with E-state index >= 15 is 0 Å². The van der Waals surface area contributed by atoms with Crippen LogP contribution in [0.3, 0.4) is 0 Å². The third-order valence-electron chi connectivity index (χ3n) is 4.44. The molecule has 2 aromatic carbocycles. The van der Waals surface area contributed by atoms with Gasteiger partial charge in [-0.2, -0.15) is 4.31 Å². The van der Waals surface area contributed by atoms with E-state index in [-0.39, 0.29) is 40.7 Å². The molecule has 0 radical (unpaired) electrons. The monoisotopic (exact) mass is 417 g/mol. The van der Waals surface area contributed by atoms with Crippen LogP contribution in [-0.2, 0) is 19.9 Å². The highest BCUT2D eigenvalue weighted by atomic mass is 35.5. The largest absolute Gasteiger partial charge is 0.244 e. The van der Waals surface area contributed by atoms with Gasteiger partial charge in [0.25, 0.3) is 0 Å². The van der Waals surface area contributed by atoms with Gasteiger partial charge in [-0.3, -0.25) is 0 Å². The molecule has 0 atom stereocenters. The molecule has 26 heavy (non-hydrogen) atoms. The Morgan fingerprint density at radius 2 is 1.50 bits per heavy atom. The summed E-state index contributed by atoms with van der Waals surface area (Å²) in [6.07, 6.45) is 0.340. The van der Waals surface area contributed by atoms with Crippen molar-refractivity contribution in [3.05, 3.63) is 59.4 Å². The molecule has 1 aliphatic rings. The lowest BCUT2D eigenvalue weighted by molar-refractivity contribution is 0.345. The van der Waals surface area contributed by atoms with Crippen LogP contribution >= 0.6 is 11.6 Å². The van der Waals surface area contributed by atoms with Crippen LogP contribution < -0.4 is 0 Å². The molecule has 3 rings (SSSR count). The number of hydrogen-bond donors (Lipinski definition) is 0. The molecular weight excluding hydrogens is 401 g/mol. The van der Waals surface area contributed by atoms with Crippen molar-refractivity contribution < 1.29 is 21.2 Å². The molecule has 0 N–H and O–H groups in total. The molecule has 0 bridgehead atoms. The van der Waals surface area contributed by atoms with Crippen molar-refractivity contribution in [1.82, 2.24) is 4.31 Å². The van der Waals surface area contributed by atoms with Crippen molar-refractivity contribution in [2.24, 2.45) is 0 Å². The molecule has 0 amide bonds. The predicted octanol–water partition coefficient (Wildman–Crippen LogP) is 3.11. The molecule has 9 heteroatoms. The second-order valence-corrected chi connectivity index (χ2v) is 10.6. The standard InChI is InChI=1S/C17H17ClFNO4S2/c18-16-3-1-2-4-17(16)26(23,24)20-11-9-15(10-12-20)25(21,22)14-7-5-13(19)6-8-14/h1-8,15H,9-12H2. The topological polar surface area (TPSA) is 71.5 Å². The smallest absolute Gasteiger partial charge is 0.223 e. The van der Waals surface area contributed by atoms with E-state index in [0.29, 0.717) is 0 Å². The lowest BCUT2D eigenvalue weighted by Gasteiger charge is -2.31. The Labute approximate surface area is 157 Å². The molecule has 5 nitrogen and oxygen atoms in total. The van der Waals surface area contributed by atoms with E-state index in [0.717, 1.165) is 12.1 Å². The number of piperidine rings is 1. The average molecular weight is 418 g/mol. The maximum atomic E-state index is 13.0. The van der Waals surface area contributed by atoms with Gasteiger partial charge in [-0.05, 0) is 49.2 Å². The number of rotatable bonds is 4. The second kappa shape index (κ2) is 7.26. The third kappa shape index (κ3) is 3.64. The Kier molecular flexibility index (Phi) is 5.39. The van der Waals surface area contributed by atoms with Crippen LogP contribution in [0.4, 0.5) is 4.39 Å². The molecule has 0 unspecified atom stereocenters. The van der Waals surface area contributed by atoms with Crippen LogP contribution in [0.25, 0.3) is 0 Å². The van der Waals surface area contributed by atoms with E-state index in [4.69, 9.17) is 11.6 Å². The van der Waals surface area contributed by atoms with E-state index < -0.39 is 30.9 Å². The summed E-state index contributed by atoms with van der Waals surface area (Å²) in [5.41, 5.74) is 0. The lowest BCUT2D eigenvalue weighted by atomic mass is 10.2. The van der Waals surface area contributed by atoms with Crippen LogP contribution in [0.1, 0.15) is 12.8 Å². The van der Waals surface area contributed by atoms with Crippen LogP contribution in [0.5, 0.6) is 0 Å². The van der Waals surface area contributed by atoms with Crippen molar-refractivity contribution in [3.8, 4) is 0 Å². The summed E-state index contributed by atoms with van der Waals surface area (Å²) in [4.78, 5) is 0.0628. The van der Waals surface area contributed by atoms with Gasteiger partial charge >= 0.3 is 0 Å². The van der Waals surface area contributed by atoms with E-state index in [1.165, 1.54) is 28.6 Å². The van der Waals surface area contributed by atoms with Gasteiger partial charge in [-0.15, -0.1) is 0 Å². The number of halogens is 2. The van der Waals surface area contributed by atoms with Crippen molar-refractivity contribution in [3.63, 3.8) is 0 Å². The second-order valence-electron chi connectivity index (χ2n) is 6.03. The normalized spacial score (nSPS) is 17.3. The van der Waals surface area contributed by atoms with Gasteiger partial charge in [0.1, 0.15) is 10.7 Å². The van der Waals surface area contributed by atoms with Gasteiger partial charge in [0.2, 0.25) is 10.0 Å². The van der Waals surface area contributed by atoms with Crippen molar-refractivity contribution in [1.29, 1.82) is 0 Å². The Balaban J connectivity index is 1.77. The first-order valence-electron chi connectivity index (χ1n) is 7.97. The Morgan fingerprint density at radius 1 is 0.923 bits per heavy atom. The summed E-state index contributed by atoms with van der Waals surface area (Å²) in [6, 6.07) is 10.8. The predicted molar refractivity (Wildman–Crippen MR) is 96.8 cm³/mol. The Bertz CT molecular complexity index is 999. The summed E-state index contributed by atoms with van der Waals surface area (Å²) in [6.45, 7) is 0.164. The van der Waals surface area contributed by atoms with Gasteiger partial charge in [-0.1, -0.05) is 23.7 Å². The van der Waals surface area contributed by atoms with Crippen LogP contribution in [0, 0.1) is 5.82 Å². The minimum Gasteiger partial charge on any atom is -0.223 e. The molecule has 0 saturated carbocycles. The molecular formula is C17H17ClFNO4S2. The summed E-state index contributed by atoms with van der Waals surface area (Å²) in [5, 5.41) is -0.570.